The number of nitrogens with zero attached hydrogens (tertiary/aromatic N) is 5. The van der Waals surface area contributed by atoms with Gasteiger partial charge >= 0.3 is 0 Å². The second-order valence-corrected chi connectivity index (χ2v) is 15.0. The highest BCUT2D eigenvalue weighted by Crippen LogP contribution is 2.43. The largest absolute Gasteiger partial charge is 0.456 e. The van der Waals surface area contributed by atoms with Gasteiger partial charge in [-0.05, 0) is 42.5 Å². The van der Waals surface area contributed by atoms with Crippen LogP contribution in [0.25, 0.3) is 121 Å². The Morgan fingerprint density at radius 2 is 1.02 bits per heavy atom. The van der Waals surface area contributed by atoms with E-state index in [4.69, 9.17) is 33.8 Å². The van der Waals surface area contributed by atoms with Gasteiger partial charge in [0.15, 0.2) is 23.3 Å². The zero-order chi connectivity index (χ0) is 37.5. The van der Waals surface area contributed by atoms with Crippen molar-refractivity contribution >= 4 is 75.5 Å². The van der Waals surface area contributed by atoms with Crippen molar-refractivity contribution in [1.29, 1.82) is 0 Å². The summed E-state index contributed by atoms with van der Waals surface area (Å²) in [6.45, 7) is 0. The molecule has 0 unspecified atom stereocenters. The summed E-state index contributed by atoms with van der Waals surface area (Å²) in [7, 11) is 0. The molecule has 5 aromatic heterocycles. The van der Waals surface area contributed by atoms with E-state index < -0.39 is 0 Å². The van der Waals surface area contributed by atoms with Crippen LogP contribution in [0.5, 0.6) is 0 Å². The first-order valence-electron chi connectivity index (χ1n) is 18.7. The fourth-order valence-corrected chi connectivity index (χ4v) is 9.07. The maximum absolute atomic E-state index is 6.51. The molecule has 0 fully saturated rings. The van der Waals surface area contributed by atoms with Crippen LogP contribution in [0.15, 0.2) is 173 Å². The lowest BCUT2D eigenvalue weighted by Gasteiger charge is -2.09. The Labute approximate surface area is 328 Å². The van der Waals surface area contributed by atoms with Crippen molar-refractivity contribution in [3.8, 4) is 56.8 Å². The van der Waals surface area contributed by atoms with Gasteiger partial charge in [-0.2, -0.15) is 0 Å². The lowest BCUT2D eigenvalue weighted by Crippen LogP contribution is -2.00. The molecule has 0 saturated heterocycles. The van der Waals surface area contributed by atoms with Crippen LogP contribution in [0, 0.1) is 0 Å². The van der Waals surface area contributed by atoms with Gasteiger partial charge in [0.1, 0.15) is 22.3 Å². The minimum Gasteiger partial charge on any atom is -0.456 e. The molecular formula is C49H27N5O2S. The third kappa shape index (κ3) is 5.08. The second kappa shape index (κ2) is 12.5. The highest BCUT2D eigenvalue weighted by molar-refractivity contribution is 7.26. The highest BCUT2D eigenvalue weighted by Gasteiger charge is 2.22. The van der Waals surface area contributed by atoms with Gasteiger partial charge in [0.25, 0.3) is 0 Å². The second-order valence-electron chi connectivity index (χ2n) is 14.0. The van der Waals surface area contributed by atoms with E-state index in [1.807, 2.05) is 91.0 Å². The summed E-state index contributed by atoms with van der Waals surface area (Å²) < 4.78 is 15.2. The van der Waals surface area contributed by atoms with Gasteiger partial charge in [0, 0.05) is 53.9 Å². The summed E-state index contributed by atoms with van der Waals surface area (Å²) in [4.78, 5) is 25.8. The first-order chi connectivity index (χ1) is 28.2. The molecule has 266 valence electrons. The average Bonchev–Trinajstić information content (AvgIpc) is 3.98. The smallest absolute Gasteiger partial charge is 0.167 e. The summed E-state index contributed by atoms with van der Waals surface area (Å²) >= 11 is 1.73. The topological polar surface area (TPSA) is 90.7 Å². The Morgan fingerprint density at radius 1 is 0.386 bits per heavy atom. The van der Waals surface area contributed by atoms with Gasteiger partial charge in [-0.25, -0.2) is 24.9 Å². The first-order valence-corrected chi connectivity index (χ1v) is 19.5. The van der Waals surface area contributed by atoms with Gasteiger partial charge < -0.3 is 8.83 Å². The Hall–Kier alpha value is -7.55. The van der Waals surface area contributed by atoms with Crippen molar-refractivity contribution in [3.63, 3.8) is 0 Å². The van der Waals surface area contributed by atoms with Gasteiger partial charge in [-0.15, -0.1) is 11.3 Å². The zero-order valence-electron chi connectivity index (χ0n) is 30.0. The van der Waals surface area contributed by atoms with Crippen LogP contribution < -0.4 is 0 Å². The molecule has 0 N–H and O–H groups in total. The molecule has 0 atom stereocenters. The standard InChI is InChI=1S/C49H27N5O2S/c1-3-13-28(14-4-1)42-45-43(33-18-8-10-24-40(33)57-45)51-48(50-42)34-20-12-23-39-41(34)36-27-30(25-26-38(36)55-39)47-52-46(29-15-5-2-6-16-29)53-49(54-47)35-21-11-19-32-31-17-7-9-22-37(31)56-44(32)35/h1-27H. The molecule has 0 saturated carbocycles. The number of thiophene rings is 1. The molecule has 7 aromatic carbocycles. The van der Waals surface area contributed by atoms with Crippen molar-refractivity contribution in [2.45, 2.75) is 0 Å². The molecule has 8 heteroatoms. The van der Waals surface area contributed by atoms with E-state index in [-0.39, 0.29) is 0 Å². The monoisotopic (exact) mass is 749 g/mol. The minimum atomic E-state index is 0.527. The molecular weight excluding hydrogens is 723 g/mol. The third-order valence-corrected chi connectivity index (χ3v) is 11.7. The van der Waals surface area contributed by atoms with Crippen LogP contribution in [-0.2, 0) is 0 Å². The quantitative estimate of drug-likeness (QED) is 0.173. The van der Waals surface area contributed by atoms with Crippen LogP contribution >= 0.6 is 11.3 Å². The Morgan fingerprint density at radius 3 is 1.88 bits per heavy atom. The van der Waals surface area contributed by atoms with Crippen LogP contribution in [0.4, 0.5) is 0 Å². The van der Waals surface area contributed by atoms with E-state index >= 15 is 0 Å². The molecule has 0 radical (unpaired) electrons. The first kappa shape index (κ1) is 31.8. The van der Waals surface area contributed by atoms with Crippen molar-refractivity contribution in [3.05, 3.63) is 164 Å². The maximum Gasteiger partial charge on any atom is 0.167 e. The van der Waals surface area contributed by atoms with Gasteiger partial charge in [-0.1, -0.05) is 121 Å². The van der Waals surface area contributed by atoms with E-state index in [9.17, 15) is 0 Å². The number of benzene rings is 7. The van der Waals surface area contributed by atoms with Crippen molar-refractivity contribution in [1.82, 2.24) is 24.9 Å². The van der Waals surface area contributed by atoms with Gasteiger partial charge in [0.2, 0.25) is 0 Å². The molecule has 0 aliphatic rings. The lowest BCUT2D eigenvalue weighted by atomic mass is 10.0. The lowest BCUT2D eigenvalue weighted by molar-refractivity contribution is 0.669. The normalized spacial score (nSPS) is 11.9. The number of fused-ring (bicyclic) bond motifs is 9. The molecule has 7 nitrogen and oxygen atoms in total. The van der Waals surface area contributed by atoms with Crippen LogP contribution in [0.2, 0.25) is 0 Å². The molecule has 0 aliphatic heterocycles. The van der Waals surface area contributed by atoms with Crippen LogP contribution in [-0.4, -0.2) is 24.9 Å². The molecule has 0 spiro atoms. The van der Waals surface area contributed by atoms with Crippen molar-refractivity contribution in [2.24, 2.45) is 0 Å². The van der Waals surface area contributed by atoms with E-state index in [0.717, 1.165) is 93.0 Å². The summed E-state index contributed by atoms with van der Waals surface area (Å²) in [5.74, 6) is 2.27. The third-order valence-electron chi connectivity index (χ3n) is 10.6. The van der Waals surface area contributed by atoms with Gasteiger partial charge in [0.05, 0.1) is 21.5 Å². The molecule has 0 aliphatic carbocycles. The van der Waals surface area contributed by atoms with E-state index in [2.05, 4.69) is 72.8 Å². The summed E-state index contributed by atoms with van der Waals surface area (Å²) in [5.41, 5.74) is 9.33. The number of para-hydroxylation sites is 2. The molecule has 0 bridgehead atoms. The van der Waals surface area contributed by atoms with Crippen molar-refractivity contribution < 1.29 is 8.83 Å². The summed E-state index contributed by atoms with van der Waals surface area (Å²) in [6, 6.07) is 55.1. The van der Waals surface area contributed by atoms with Crippen molar-refractivity contribution in [2.75, 3.05) is 0 Å². The van der Waals surface area contributed by atoms with Crippen LogP contribution in [0.3, 0.4) is 0 Å². The van der Waals surface area contributed by atoms with E-state index in [1.54, 1.807) is 11.3 Å². The molecule has 5 heterocycles. The van der Waals surface area contributed by atoms with Crippen LogP contribution in [0.1, 0.15) is 0 Å². The van der Waals surface area contributed by atoms with Gasteiger partial charge in [-0.3, -0.25) is 0 Å². The predicted molar refractivity (Wildman–Crippen MR) is 230 cm³/mol. The number of hydrogen-bond donors (Lipinski definition) is 0. The Balaban J connectivity index is 1.08. The maximum atomic E-state index is 6.51. The number of hydrogen-bond acceptors (Lipinski definition) is 8. The average molecular weight is 750 g/mol. The summed E-state index contributed by atoms with van der Waals surface area (Å²) in [5, 5.41) is 5.02. The van der Waals surface area contributed by atoms with E-state index in [1.165, 1.54) is 4.70 Å². The molecule has 12 aromatic rings. The number of rotatable bonds is 5. The molecule has 57 heavy (non-hydrogen) atoms. The minimum absolute atomic E-state index is 0.527. The Kier molecular flexibility index (Phi) is 6.96. The van der Waals surface area contributed by atoms with E-state index in [0.29, 0.717) is 23.3 Å². The fraction of sp³-hybridized carbons (Fsp3) is 0. The molecule has 0 amide bonds. The number of aromatic nitrogens is 5. The fourth-order valence-electron chi connectivity index (χ4n) is 7.92. The molecule has 12 rings (SSSR count). The summed E-state index contributed by atoms with van der Waals surface area (Å²) in [6.07, 6.45) is 0. The number of furan rings is 2. The Bertz CT molecular complexity index is 3540. The zero-order valence-corrected chi connectivity index (χ0v) is 30.9. The SMILES string of the molecule is c1ccc(-c2nc(-c3ccc4oc5cccc(-c6nc(-c7ccccc7)c7sc8ccccc8c7n6)c5c4c3)nc(-c3cccc4c3oc3ccccc34)n2)cc1. The highest BCUT2D eigenvalue weighted by atomic mass is 32.1. The predicted octanol–water partition coefficient (Wildman–Crippen LogP) is 13.2.